The van der Waals surface area contributed by atoms with Crippen LogP contribution in [0.1, 0.15) is 62.8 Å². The van der Waals surface area contributed by atoms with Crippen molar-refractivity contribution in [3.05, 3.63) is 52.8 Å². The van der Waals surface area contributed by atoms with Gasteiger partial charge in [-0.2, -0.15) is 0 Å². The number of hydrogen-bond donors (Lipinski definition) is 2. The molecule has 0 radical (unpaired) electrons. The molecule has 1 amide bonds. The number of fused-ring (bicyclic) bond motifs is 1. The van der Waals surface area contributed by atoms with Crippen molar-refractivity contribution >= 4 is 49.9 Å². The highest BCUT2D eigenvalue weighted by molar-refractivity contribution is 9.10. The zero-order valence-electron chi connectivity index (χ0n) is 17.5. The number of nitrogens with one attached hydrogen (secondary N) is 2. The molecule has 5 rings (SSSR count). The van der Waals surface area contributed by atoms with Crippen LogP contribution in [0.4, 0.5) is 17.2 Å². The Labute approximate surface area is 191 Å². The van der Waals surface area contributed by atoms with Crippen LogP contribution in [0.15, 0.2) is 47.2 Å². The first-order valence-corrected chi connectivity index (χ1v) is 12.1. The molecule has 2 aromatic carbocycles. The summed E-state index contributed by atoms with van der Waals surface area (Å²) in [6.07, 6.45) is 10.7. The van der Waals surface area contributed by atoms with Gasteiger partial charge in [0.2, 0.25) is 5.91 Å². The van der Waals surface area contributed by atoms with Crippen molar-refractivity contribution in [2.45, 2.75) is 57.3 Å². The number of aromatic nitrogens is 2. The first-order chi connectivity index (χ1) is 15.2. The van der Waals surface area contributed by atoms with Crippen LogP contribution >= 0.6 is 15.9 Å². The lowest BCUT2D eigenvalue weighted by Crippen LogP contribution is -2.21. The number of benzene rings is 2. The Hall–Kier alpha value is -2.47. The molecule has 2 aliphatic rings. The number of amides is 1. The molecule has 2 fully saturated rings. The van der Waals surface area contributed by atoms with Gasteiger partial charge in [0.1, 0.15) is 12.1 Å². The maximum absolute atomic E-state index is 13.0. The second-order valence-electron chi connectivity index (χ2n) is 8.77. The highest BCUT2D eigenvalue weighted by Gasteiger charge is 2.26. The Morgan fingerprint density at radius 3 is 2.52 bits per heavy atom. The molecule has 2 N–H and O–H groups in total. The van der Waals surface area contributed by atoms with Crippen LogP contribution < -0.4 is 10.6 Å². The van der Waals surface area contributed by atoms with Crippen molar-refractivity contribution in [2.75, 3.05) is 10.6 Å². The predicted molar refractivity (Wildman–Crippen MR) is 129 cm³/mol. The van der Waals surface area contributed by atoms with E-state index in [1.165, 1.54) is 31.2 Å². The van der Waals surface area contributed by atoms with Crippen molar-refractivity contribution in [1.29, 1.82) is 0 Å². The van der Waals surface area contributed by atoms with E-state index >= 15 is 0 Å². The van der Waals surface area contributed by atoms with Crippen LogP contribution in [0.2, 0.25) is 0 Å². The molecule has 0 saturated heterocycles. The Bertz CT molecular complexity index is 1100. The van der Waals surface area contributed by atoms with Crippen LogP contribution in [-0.2, 0) is 4.79 Å². The van der Waals surface area contributed by atoms with E-state index in [1.807, 2.05) is 24.3 Å². The Balaban J connectivity index is 1.54. The third kappa shape index (κ3) is 4.45. The largest absolute Gasteiger partial charge is 0.340 e. The van der Waals surface area contributed by atoms with Gasteiger partial charge in [-0.05, 0) is 67.5 Å². The van der Waals surface area contributed by atoms with Crippen molar-refractivity contribution < 1.29 is 4.79 Å². The van der Waals surface area contributed by atoms with Crippen LogP contribution in [0, 0.1) is 5.92 Å². The minimum absolute atomic E-state index is 0.137. The van der Waals surface area contributed by atoms with Crippen LogP contribution in [0.3, 0.4) is 0 Å². The predicted octanol–water partition coefficient (Wildman–Crippen LogP) is 6.92. The Kier molecular flexibility index (Phi) is 5.90. The maximum atomic E-state index is 13.0. The molecule has 1 aromatic heterocycles. The lowest BCUT2D eigenvalue weighted by atomic mass is 9.94. The molecule has 5 nitrogen and oxygen atoms in total. The second-order valence-corrected chi connectivity index (χ2v) is 9.68. The summed E-state index contributed by atoms with van der Waals surface area (Å²) in [4.78, 5) is 22.0. The average molecular weight is 479 g/mol. The van der Waals surface area contributed by atoms with E-state index in [0.717, 1.165) is 58.3 Å². The fraction of sp³-hybridized carbons (Fsp3) is 0.400. The van der Waals surface area contributed by atoms with Gasteiger partial charge in [0.25, 0.3) is 0 Å². The molecule has 0 aliphatic heterocycles. The van der Waals surface area contributed by atoms with Crippen LogP contribution in [0.25, 0.3) is 10.9 Å². The second kappa shape index (κ2) is 8.95. The number of nitrogens with zero attached hydrogens (tertiary/aromatic N) is 2. The van der Waals surface area contributed by atoms with Crippen molar-refractivity contribution in [3.8, 4) is 0 Å². The number of carbonyl (C=O) groups is 1. The number of halogens is 1. The molecular weight excluding hydrogens is 452 g/mol. The Morgan fingerprint density at radius 2 is 1.74 bits per heavy atom. The monoisotopic (exact) mass is 478 g/mol. The van der Waals surface area contributed by atoms with E-state index in [0.29, 0.717) is 5.92 Å². The molecule has 0 bridgehead atoms. The van der Waals surface area contributed by atoms with Gasteiger partial charge >= 0.3 is 0 Å². The molecule has 1 heterocycles. The minimum atomic E-state index is 0.137. The molecule has 2 saturated carbocycles. The SMILES string of the molecule is O=C(Nc1cc2c(Nc3cccc(Br)c3)ncnc2cc1C1CCCC1)C1CCCC1. The molecule has 160 valence electrons. The highest BCUT2D eigenvalue weighted by atomic mass is 79.9. The van der Waals surface area contributed by atoms with Gasteiger partial charge < -0.3 is 10.6 Å². The first-order valence-electron chi connectivity index (χ1n) is 11.3. The third-order valence-corrected chi connectivity index (χ3v) is 7.17. The van der Waals surface area contributed by atoms with E-state index in [4.69, 9.17) is 0 Å². The molecule has 31 heavy (non-hydrogen) atoms. The average Bonchev–Trinajstić information content (AvgIpc) is 3.48. The summed E-state index contributed by atoms with van der Waals surface area (Å²) in [6, 6.07) is 12.3. The molecule has 0 unspecified atom stereocenters. The molecule has 6 heteroatoms. The van der Waals surface area contributed by atoms with E-state index in [-0.39, 0.29) is 11.8 Å². The van der Waals surface area contributed by atoms with Crippen molar-refractivity contribution in [3.63, 3.8) is 0 Å². The van der Waals surface area contributed by atoms with Gasteiger partial charge in [-0.15, -0.1) is 0 Å². The van der Waals surface area contributed by atoms with Crippen molar-refractivity contribution in [1.82, 2.24) is 9.97 Å². The summed E-state index contributed by atoms with van der Waals surface area (Å²) in [7, 11) is 0. The number of carbonyl (C=O) groups excluding carboxylic acids is 1. The fourth-order valence-electron chi connectivity index (χ4n) is 5.03. The molecule has 2 aliphatic carbocycles. The van der Waals surface area contributed by atoms with Gasteiger partial charge in [0.05, 0.1) is 5.52 Å². The molecule has 0 atom stereocenters. The van der Waals surface area contributed by atoms with Gasteiger partial charge in [0, 0.05) is 27.2 Å². The standard InChI is InChI=1S/C25H27BrN4O/c26-18-10-5-11-19(12-18)29-24-21-14-23(30-25(31)17-8-3-4-9-17)20(16-6-1-2-7-16)13-22(21)27-15-28-24/h5,10-17H,1-4,6-9H2,(H,30,31)(H,27,28,29). The molecule has 3 aromatic rings. The number of rotatable bonds is 5. The molecule has 0 spiro atoms. The zero-order valence-corrected chi connectivity index (χ0v) is 19.1. The summed E-state index contributed by atoms with van der Waals surface area (Å²) in [5.41, 5.74) is 4.02. The normalized spacial score (nSPS) is 17.3. The topological polar surface area (TPSA) is 66.9 Å². The molecular formula is C25H27BrN4O. The summed E-state index contributed by atoms with van der Waals surface area (Å²) in [5, 5.41) is 7.63. The quantitative estimate of drug-likeness (QED) is 0.417. The van der Waals surface area contributed by atoms with Gasteiger partial charge in [-0.1, -0.05) is 47.7 Å². The van der Waals surface area contributed by atoms with Gasteiger partial charge in [-0.3, -0.25) is 4.79 Å². The fourth-order valence-corrected chi connectivity index (χ4v) is 5.43. The lowest BCUT2D eigenvalue weighted by molar-refractivity contribution is -0.119. The maximum Gasteiger partial charge on any atom is 0.227 e. The van der Waals surface area contributed by atoms with Crippen LogP contribution in [0.5, 0.6) is 0 Å². The van der Waals surface area contributed by atoms with Gasteiger partial charge in [0.15, 0.2) is 0 Å². The summed E-state index contributed by atoms with van der Waals surface area (Å²) >= 11 is 3.52. The number of anilines is 3. The van der Waals surface area contributed by atoms with Crippen molar-refractivity contribution in [2.24, 2.45) is 5.92 Å². The Morgan fingerprint density at radius 1 is 0.968 bits per heavy atom. The van der Waals surface area contributed by atoms with Crippen LogP contribution in [-0.4, -0.2) is 15.9 Å². The highest BCUT2D eigenvalue weighted by Crippen LogP contribution is 2.41. The summed E-state index contributed by atoms with van der Waals surface area (Å²) in [6.45, 7) is 0. The summed E-state index contributed by atoms with van der Waals surface area (Å²) < 4.78 is 1.00. The smallest absolute Gasteiger partial charge is 0.227 e. The van der Waals surface area contributed by atoms with E-state index < -0.39 is 0 Å². The van der Waals surface area contributed by atoms with Gasteiger partial charge in [-0.25, -0.2) is 9.97 Å². The van der Waals surface area contributed by atoms with E-state index in [9.17, 15) is 4.79 Å². The third-order valence-electron chi connectivity index (χ3n) is 6.67. The van der Waals surface area contributed by atoms with E-state index in [2.05, 4.69) is 48.7 Å². The minimum Gasteiger partial charge on any atom is -0.340 e. The van der Waals surface area contributed by atoms with E-state index in [1.54, 1.807) is 6.33 Å². The summed E-state index contributed by atoms with van der Waals surface area (Å²) in [5.74, 6) is 1.53. The zero-order chi connectivity index (χ0) is 21.2. The first kappa shape index (κ1) is 20.4. The lowest BCUT2D eigenvalue weighted by Gasteiger charge is -2.20. The number of hydrogen-bond acceptors (Lipinski definition) is 4.